The Morgan fingerprint density at radius 1 is 1.33 bits per heavy atom. The molecule has 1 aliphatic rings. The van der Waals surface area contributed by atoms with Crippen molar-refractivity contribution >= 4 is 17.4 Å². The van der Waals surface area contributed by atoms with E-state index in [0.29, 0.717) is 12.4 Å². The quantitative estimate of drug-likeness (QED) is 0.657. The van der Waals surface area contributed by atoms with E-state index in [1.165, 1.54) is 18.4 Å². The first-order valence-corrected chi connectivity index (χ1v) is 8.21. The minimum atomic E-state index is -0.318. The van der Waals surface area contributed by atoms with Gasteiger partial charge in [-0.3, -0.25) is 9.89 Å². The smallest absolute Gasteiger partial charge is 0.293 e. The summed E-state index contributed by atoms with van der Waals surface area (Å²) in [5.41, 5.74) is 2.81. The van der Waals surface area contributed by atoms with E-state index >= 15 is 0 Å². The lowest BCUT2D eigenvalue weighted by atomic mass is 9.89. The number of carbonyl (C=O) groups excluding carboxylic acids is 1. The molecule has 128 valence electrons. The van der Waals surface area contributed by atoms with Gasteiger partial charge in [0.25, 0.3) is 6.47 Å². The van der Waals surface area contributed by atoms with Gasteiger partial charge in [-0.25, -0.2) is 0 Å². The maximum absolute atomic E-state index is 9.60. The SMILES string of the molecule is C#Cc1n[nH]c2ccc(C3CCNCC3)cc12.CC(C)(C)OC=O. The van der Waals surface area contributed by atoms with E-state index in [1.807, 2.05) is 20.8 Å². The van der Waals surface area contributed by atoms with E-state index in [-0.39, 0.29) is 5.60 Å². The molecule has 5 nitrogen and oxygen atoms in total. The number of ether oxygens (including phenoxy) is 1. The fourth-order valence-electron chi connectivity index (χ4n) is 2.70. The van der Waals surface area contributed by atoms with Gasteiger partial charge in [-0.05, 0) is 76.2 Å². The van der Waals surface area contributed by atoms with Gasteiger partial charge in [0.05, 0.1) is 5.52 Å². The number of piperidine rings is 1. The highest BCUT2D eigenvalue weighted by atomic mass is 16.5. The molecule has 0 unspecified atom stereocenters. The fourth-order valence-corrected chi connectivity index (χ4v) is 2.70. The largest absolute Gasteiger partial charge is 0.462 e. The lowest BCUT2D eigenvalue weighted by Crippen LogP contribution is -2.26. The van der Waals surface area contributed by atoms with Gasteiger partial charge in [-0.1, -0.05) is 6.07 Å². The fraction of sp³-hybridized carbons (Fsp3) is 0.474. The minimum Gasteiger partial charge on any atom is -0.462 e. The van der Waals surface area contributed by atoms with Crippen molar-refractivity contribution in [3.8, 4) is 12.3 Å². The lowest BCUT2D eigenvalue weighted by Gasteiger charge is -2.22. The van der Waals surface area contributed by atoms with Crippen molar-refractivity contribution in [3.05, 3.63) is 29.5 Å². The number of nitrogens with zero attached hydrogens (tertiary/aromatic N) is 1. The standard InChI is InChI=1S/C14H15N3.C5H10O2/c1-2-13-12-9-11(3-4-14(12)17-16-13)10-5-7-15-8-6-10;1-5(2,3)7-4-6/h1,3-4,9-10,15H,5-8H2,(H,16,17);4H,1-3H3. The molecule has 0 saturated carbocycles. The van der Waals surface area contributed by atoms with E-state index < -0.39 is 0 Å². The van der Waals surface area contributed by atoms with E-state index in [9.17, 15) is 4.79 Å². The Morgan fingerprint density at radius 3 is 2.58 bits per heavy atom. The molecule has 1 saturated heterocycles. The summed E-state index contributed by atoms with van der Waals surface area (Å²) in [4.78, 5) is 9.60. The third kappa shape index (κ3) is 4.84. The molecule has 1 aliphatic heterocycles. The first kappa shape index (κ1) is 18.0. The Labute approximate surface area is 143 Å². The van der Waals surface area contributed by atoms with Crippen molar-refractivity contribution in [1.29, 1.82) is 0 Å². The second-order valence-corrected chi connectivity index (χ2v) is 6.87. The molecule has 3 rings (SSSR count). The maximum Gasteiger partial charge on any atom is 0.293 e. The number of terminal acetylenes is 1. The van der Waals surface area contributed by atoms with Crippen LogP contribution in [0, 0.1) is 12.3 Å². The number of benzene rings is 1. The van der Waals surface area contributed by atoms with Crippen LogP contribution in [-0.2, 0) is 9.53 Å². The lowest BCUT2D eigenvalue weighted by molar-refractivity contribution is -0.138. The number of hydrogen-bond acceptors (Lipinski definition) is 4. The summed E-state index contributed by atoms with van der Waals surface area (Å²) in [5, 5.41) is 11.6. The van der Waals surface area contributed by atoms with Crippen LogP contribution < -0.4 is 5.32 Å². The highest BCUT2D eigenvalue weighted by molar-refractivity contribution is 5.84. The van der Waals surface area contributed by atoms with Gasteiger partial charge >= 0.3 is 0 Å². The van der Waals surface area contributed by atoms with Crippen LogP contribution >= 0.6 is 0 Å². The van der Waals surface area contributed by atoms with E-state index in [2.05, 4.69) is 44.4 Å². The van der Waals surface area contributed by atoms with Crippen molar-refractivity contribution in [2.45, 2.75) is 45.1 Å². The number of aromatic nitrogens is 2. The van der Waals surface area contributed by atoms with Crippen molar-refractivity contribution in [1.82, 2.24) is 15.5 Å². The molecule has 1 fully saturated rings. The van der Waals surface area contributed by atoms with Crippen LogP contribution in [-0.4, -0.2) is 35.4 Å². The maximum atomic E-state index is 9.60. The van der Waals surface area contributed by atoms with E-state index in [1.54, 1.807) is 0 Å². The molecular weight excluding hydrogens is 302 g/mol. The topological polar surface area (TPSA) is 67.0 Å². The Hall–Kier alpha value is -2.32. The zero-order chi connectivity index (χ0) is 17.6. The number of nitrogens with one attached hydrogen (secondary N) is 2. The molecule has 2 heterocycles. The van der Waals surface area contributed by atoms with Crippen molar-refractivity contribution in [3.63, 3.8) is 0 Å². The van der Waals surface area contributed by atoms with Crippen LogP contribution in [0.4, 0.5) is 0 Å². The number of hydrogen-bond donors (Lipinski definition) is 2. The molecule has 2 aromatic rings. The van der Waals surface area contributed by atoms with Crippen LogP contribution in [0.1, 0.15) is 50.8 Å². The van der Waals surface area contributed by atoms with Crippen LogP contribution in [0.2, 0.25) is 0 Å². The summed E-state index contributed by atoms with van der Waals surface area (Å²) >= 11 is 0. The number of rotatable bonds is 2. The van der Waals surface area contributed by atoms with Gasteiger partial charge in [0.1, 0.15) is 11.3 Å². The predicted molar refractivity (Wildman–Crippen MR) is 95.8 cm³/mol. The molecule has 0 aliphatic carbocycles. The number of fused-ring (bicyclic) bond motifs is 1. The first-order chi connectivity index (χ1) is 11.4. The molecule has 2 N–H and O–H groups in total. The first-order valence-electron chi connectivity index (χ1n) is 8.21. The number of carbonyl (C=O) groups is 1. The monoisotopic (exact) mass is 327 g/mol. The highest BCUT2D eigenvalue weighted by Crippen LogP contribution is 2.28. The third-order valence-electron chi connectivity index (χ3n) is 3.94. The number of H-pyrrole nitrogens is 1. The van der Waals surface area contributed by atoms with Crippen molar-refractivity contribution < 1.29 is 9.53 Å². The van der Waals surface area contributed by atoms with Crippen molar-refractivity contribution in [2.75, 3.05) is 13.1 Å². The zero-order valence-electron chi connectivity index (χ0n) is 14.6. The van der Waals surface area contributed by atoms with Gasteiger partial charge < -0.3 is 10.1 Å². The Morgan fingerprint density at radius 2 is 2.04 bits per heavy atom. The van der Waals surface area contributed by atoms with Crippen molar-refractivity contribution in [2.24, 2.45) is 0 Å². The zero-order valence-corrected chi connectivity index (χ0v) is 14.6. The summed E-state index contributed by atoms with van der Waals surface area (Å²) in [5.74, 6) is 3.28. The molecule has 1 aromatic heterocycles. The van der Waals surface area contributed by atoms with Crippen LogP contribution in [0.3, 0.4) is 0 Å². The van der Waals surface area contributed by atoms with E-state index in [0.717, 1.165) is 29.7 Å². The molecule has 5 heteroatoms. The second kappa shape index (κ2) is 7.98. The predicted octanol–water partition coefficient (Wildman–Crippen LogP) is 2.97. The summed E-state index contributed by atoms with van der Waals surface area (Å²) in [7, 11) is 0. The molecule has 0 amide bonds. The molecule has 0 radical (unpaired) electrons. The molecule has 0 bridgehead atoms. The molecule has 1 aromatic carbocycles. The summed E-state index contributed by atoms with van der Waals surface area (Å²) in [6.45, 7) is 8.14. The Kier molecular flexibility index (Phi) is 5.99. The minimum absolute atomic E-state index is 0.318. The van der Waals surface area contributed by atoms with Gasteiger partial charge in [-0.15, -0.1) is 6.42 Å². The van der Waals surface area contributed by atoms with Crippen LogP contribution in [0.15, 0.2) is 18.2 Å². The van der Waals surface area contributed by atoms with Gasteiger partial charge in [0.2, 0.25) is 0 Å². The molecule has 0 spiro atoms. The average Bonchev–Trinajstić information content (AvgIpc) is 2.97. The highest BCUT2D eigenvalue weighted by Gasteiger charge is 2.16. The Bertz CT molecular complexity index is 716. The summed E-state index contributed by atoms with van der Waals surface area (Å²) < 4.78 is 4.55. The number of aromatic amines is 1. The average molecular weight is 327 g/mol. The van der Waals surface area contributed by atoms with Gasteiger partial charge in [0.15, 0.2) is 0 Å². The third-order valence-corrected chi connectivity index (χ3v) is 3.94. The second-order valence-electron chi connectivity index (χ2n) is 6.87. The Balaban J connectivity index is 0.000000256. The summed E-state index contributed by atoms with van der Waals surface area (Å²) in [6.07, 6.45) is 7.85. The molecular formula is C19H25N3O2. The van der Waals surface area contributed by atoms with E-state index in [4.69, 9.17) is 6.42 Å². The summed E-state index contributed by atoms with van der Waals surface area (Å²) in [6, 6.07) is 6.47. The van der Waals surface area contributed by atoms with Gasteiger partial charge in [-0.2, -0.15) is 5.10 Å². The molecule has 24 heavy (non-hydrogen) atoms. The molecule has 0 atom stereocenters. The van der Waals surface area contributed by atoms with Crippen LogP contribution in [0.25, 0.3) is 10.9 Å². The normalized spacial score (nSPS) is 15.2. The van der Waals surface area contributed by atoms with Gasteiger partial charge in [0, 0.05) is 5.39 Å². The van der Waals surface area contributed by atoms with Crippen LogP contribution in [0.5, 0.6) is 0 Å².